The average Bonchev–Trinajstić information content (AvgIpc) is 2.74. The largest absolute Gasteiger partial charge is 0.493 e. The summed E-state index contributed by atoms with van der Waals surface area (Å²) in [5, 5.41) is 11.5. The van der Waals surface area contributed by atoms with Gasteiger partial charge < -0.3 is 20.1 Å². The molecule has 1 amide bonds. The zero-order valence-corrected chi connectivity index (χ0v) is 18.2. The standard InChI is InChI=1S/C25H32N2O4/c1-27-13-3-2-4-14-31-23-11-10-21(25(30)26-12-6-9-24(28)29)17-22(23)16-19-7-5-8-20(15-19)18-27/h5,7-8,10-11,15,17H,2-4,6,9,12-14,16,18H2,1H3,(H,26,30)(H,28,29). The molecule has 0 aliphatic carbocycles. The summed E-state index contributed by atoms with van der Waals surface area (Å²) in [6, 6.07) is 14.1. The molecule has 0 atom stereocenters. The monoisotopic (exact) mass is 424 g/mol. The Hall–Kier alpha value is -2.86. The molecular formula is C25H32N2O4. The molecule has 0 saturated heterocycles. The van der Waals surface area contributed by atoms with E-state index in [1.807, 2.05) is 12.1 Å². The molecule has 0 radical (unpaired) electrons. The maximum absolute atomic E-state index is 12.5. The summed E-state index contributed by atoms with van der Waals surface area (Å²) in [5.74, 6) is -0.226. The fraction of sp³-hybridized carbons (Fsp3) is 0.440. The topological polar surface area (TPSA) is 78.9 Å². The van der Waals surface area contributed by atoms with Crippen LogP contribution < -0.4 is 10.1 Å². The molecule has 0 fully saturated rings. The van der Waals surface area contributed by atoms with Crippen LogP contribution in [0.25, 0.3) is 0 Å². The number of ether oxygens (including phenoxy) is 1. The van der Waals surface area contributed by atoms with Gasteiger partial charge in [0.1, 0.15) is 5.75 Å². The molecule has 2 aromatic rings. The lowest BCUT2D eigenvalue weighted by Gasteiger charge is -2.19. The Morgan fingerprint density at radius 2 is 1.94 bits per heavy atom. The molecule has 2 N–H and O–H groups in total. The first kappa shape index (κ1) is 22.8. The minimum atomic E-state index is -0.855. The van der Waals surface area contributed by atoms with E-state index in [1.54, 1.807) is 6.07 Å². The third-order valence-electron chi connectivity index (χ3n) is 5.46. The number of nitrogens with one attached hydrogen (secondary N) is 1. The molecule has 0 aromatic heterocycles. The van der Waals surface area contributed by atoms with Crippen LogP contribution in [0.15, 0.2) is 42.5 Å². The molecule has 1 aliphatic heterocycles. The Labute approximate surface area is 184 Å². The third kappa shape index (κ3) is 7.40. The smallest absolute Gasteiger partial charge is 0.303 e. The summed E-state index contributed by atoms with van der Waals surface area (Å²) in [4.78, 5) is 25.5. The number of hydrogen-bond donors (Lipinski definition) is 2. The fourth-order valence-electron chi connectivity index (χ4n) is 3.83. The Morgan fingerprint density at radius 3 is 2.77 bits per heavy atom. The van der Waals surface area contributed by atoms with Gasteiger partial charge in [0.15, 0.2) is 0 Å². The Balaban J connectivity index is 1.78. The van der Waals surface area contributed by atoms with Crippen LogP contribution in [-0.4, -0.2) is 48.6 Å². The molecular weight excluding hydrogens is 392 g/mol. The Bertz CT molecular complexity index is 897. The number of amides is 1. The average molecular weight is 425 g/mol. The van der Waals surface area contributed by atoms with Crippen LogP contribution in [0.3, 0.4) is 0 Å². The molecule has 31 heavy (non-hydrogen) atoms. The minimum Gasteiger partial charge on any atom is -0.493 e. The first-order valence-electron chi connectivity index (χ1n) is 11.0. The van der Waals surface area contributed by atoms with E-state index >= 15 is 0 Å². The normalized spacial score (nSPS) is 15.3. The Kier molecular flexibility index (Phi) is 8.47. The fourth-order valence-corrected chi connectivity index (χ4v) is 3.83. The molecule has 0 saturated carbocycles. The summed E-state index contributed by atoms with van der Waals surface area (Å²) in [5.41, 5.74) is 4.02. The second-order valence-electron chi connectivity index (χ2n) is 8.22. The molecule has 166 valence electrons. The quantitative estimate of drug-likeness (QED) is 0.713. The minimum absolute atomic E-state index is 0.0455. The number of hydrogen-bond acceptors (Lipinski definition) is 4. The van der Waals surface area contributed by atoms with Crippen molar-refractivity contribution in [3.8, 4) is 5.75 Å². The Morgan fingerprint density at radius 1 is 1.10 bits per heavy atom. The lowest BCUT2D eigenvalue weighted by molar-refractivity contribution is -0.137. The molecule has 6 heteroatoms. The van der Waals surface area contributed by atoms with Gasteiger partial charge in [-0.2, -0.15) is 0 Å². The number of fused-ring (bicyclic) bond motifs is 3. The lowest BCUT2D eigenvalue weighted by Crippen LogP contribution is -2.25. The van der Waals surface area contributed by atoms with E-state index in [0.717, 1.165) is 43.7 Å². The number of carboxylic acids is 1. The van der Waals surface area contributed by atoms with Crippen LogP contribution in [0.1, 0.15) is 59.2 Å². The highest BCUT2D eigenvalue weighted by atomic mass is 16.5. The van der Waals surface area contributed by atoms with Gasteiger partial charge in [-0.25, -0.2) is 0 Å². The summed E-state index contributed by atoms with van der Waals surface area (Å²) >= 11 is 0. The maximum Gasteiger partial charge on any atom is 0.303 e. The van der Waals surface area contributed by atoms with E-state index in [1.165, 1.54) is 11.1 Å². The van der Waals surface area contributed by atoms with Gasteiger partial charge in [0, 0.05) is 31.5 Å². The van der Waals surface area contributed by atoms with Crippen molar-refractivity contribution in [1.82, 2.24) is 10.2 Å². The van der Waals surface area contributed by atoms with Gasteiger partial charge in [0.2, 0.25) is 0 Å². The molecule has 0 unspecified atom stereocenters. The second kappa shape index (κ2) is 11.5. The van der Waals surface area contributed by atoms with E-state index in [-0.39, 0.29) is 12.3 Å². The molecule has 2 aromatic carbocycles. The first-order valence-corrected chi connectivity index (χ1v) is 11.0. The van der Waals surface area contributed by atoms with E-state index in [2.05, 4.69) is 41.5 Å². The molecule has 1 aliphatic rings. The summed E-state index contributed by atoms with van der Waals surface area (Å²) in [6.07, 6.45) is 4.42. The summed E-state index contributed by atoms with van der Waals surface area (Å²) < 4.78 is 6.08. The van der Waals surface area contributed by atoms with Crippen LogP contribution in [0.4, 0.5) is 0 Å². The van der Waals surface area contributed by atoms with E-state index in [4.69, 9.17) is 9.84 Å². The lowest BCUT2D eigenvalue weighted by atomic mass is 9.99. The third-order valence-corrected chi connectivity index (χ3v) is 5.46. The van der Waals surface area contributed by atoms with Gasteiger partial charge in [0.05, 0.1) is 6.61 Å². The number of carboxylic acid groups (broad SMARTS) is 1. The number of nitrogens with zero attached hydrogens (tertiary/aromatic N) is 1. The van der Waals surface area contributed by atoms with Crippen molar-refractivity contribution in [3.63, 3.8) is 0 Å². The van der Waals surface area contributed by atoms with Gasteiger partial charge in [-0.05, 0) is 74.2 Å². The van der Waals surface area contributed by atoms with Gasteiger partial charge >= 0.3 is 5.97 Å². The van der Waals surface area contributed by atoms with Crippen molar-refractivity contribution in [1.29, 1.82) is 0 Å². The number of carbonyl (C=O) groups is 2. The molecule has 3 rings (SSSR count). The molecule has 0 spiro atoms. The van der Waals surface area contributed by atoms with Gasteiger partial charge in [-0.3, -0.25) is 9.59 Å². The number of benzene rings is 2. The number of rotatable bonds is 5. The molecule has 1 heterocycles. The zero-order valence-electron chi connectivity index (χ0n) is 18.2. The van der Waals surface area contributed by atoms with E-state index < -0.39 is 5.97 Å². The first-order chi connectivity index (χ1) is 15.0. The van der Waals surface area contributed by atoms with Gasteiger partial charge in [-0.15, -0.1) is 0 Å². The number of carbonyl (C=O) groups excluding carboxylic acids is 1. The molecule has 2 bridgehead atoms. The predicted molar refractivity (Wildman–Crippen MR) is 121 cm³/mol. The van der Waals surface area contributed by atoms with Gasteiger partial charge in [0.25, 0.3) is 5.91 Å². The van der Waals surface area contributed by atoms with Crippen LogP contribution in [-0.2, 0) is 17.8 Å². The number of aliphatic carboxylic acids is 1. The van der Waals surface area contributed by atoms with E-state index in [0.29, 0.717) is 31.6 Å². The highest BCUT2D eigenvalue weighted by Crippen LogP contribution is 2.25. The molecule has 6 nitrogen and oxygen atoms in total. The van der Waals surface area contributed by atoms with Gasteiger partial charge in [-0.1, -0.05) is 24.3 Å². The SMILES string of the molecule is CN1CCCCCOc2ccc(C(=O)NCCCC(=O)O)cc2Cc2cccc(c2)C1. The predicted octanol–water partition coefficient (Wildman–Crippen LogP) is 3.87. The van der Waals surface area contributed by atoms with Crippen LogP contribution >= 0.6 is 0 Å². The van der Waals surface area contributed by atoms with Crippen molar-refractivity contribution < 1.29 is 19.4 Å². The van der Waals surface area contributed by atoms with Crippen LogP contribution in [0.2, 0.25) is 0 Å². The highest BCUT2D eigenvalue weighted by molar-refractivity contribution is 5.94. The van der Waals surface area contributed by atoms with Crippen molar-refractivity contribution in [2.45, 2.75) is 45.1 Å². The second-order valence-corrected chi connectivity index (χ2v) is 8.22. The van der Waals surface area contributed by atoms with E-state index in [9.17, 15) is 9.59 Å². The van der Waals surface area contributed by atoms with Crippen LogP contribution in [0, 0.1) is 0 Å². The summed E-state index contributed by atoms with van der Waals surface area (Å²) in [6.45, 7) is 3.01. The van der Waals surface area contributed by atoms with Crippen molar-refractivity contribution >= 4 is 11.9 Å². The zero-order chi connectivity index (χ0) is 22.1. The summed E-state index contributed by atoms with van der Waals surface area (Å²) in [7, 11) is 2.16. The van der Waals surface area contributed by atoms with Crippen molar-refractivity contribution in [3.05, 3.63) is 64.7 Å². The maximum atomic E-state index is 12.5. The van der Waals surface area contributed by atoms with Crippen molar-refractivity contribution in [2.24, 2.45) is 0 Å². The van der Waals surface area contributed by atoms with Crippen LogP contribution in [0.5, 0.6) is 5.75 Å². The highest BCUT2D eigenvalue weighted by Gasteiger charge is 2.13. The van der Waals surface area contributed by atoms with Crippen molar-refractivity contribution in [2.75, 3.05) is 26.7 Å².